The number of hydrogen-bond acceptors (Lipinski definition) is 6. The van der Waals surface area contributed by atoms with Gasteiger partial charge in [0.05, 0.1) is 30.8 Å². The lowest BCUT2D eigenvalue weighted by molar-refractivity contribution is -0.141. The molecular weight excluding hydrogens is 504 g/mol. The number of nitrogens with zero attached hydrogens (tertiary/aromatic N) is 4. The normalized spacial score (nSPS) is 14.6. The summed E-state index contributed by atoms with van der Waals surface area (Å²) >= 11 is 0. The first-order valence-electron chi connectivity index (χ1n) is 13.1. The van der Waals surface area contributed by atoms with E-state index in [1.807, 2.05) is 66.9 Å². The van der Waals surface area contributed by atoms with Crippen LogP contribution in [0, 0.1) is 11.3 Å². The van der Waals surface area contributed by atoms with E-state index in [0.717, 1.165) is 34.7 Å². The van der Waals surface area contributed by atoms with E-state index in [1.165, 1.54) is 6.26 Å². The molecule has 40 heavy (non-hydrogen) atoms. The molecule has 8 heteroatoms. The molecule has 2 amide bonds. The molecule has 0 saturated carbocycles. The van der Waals surface area contributed by atoms with E-state index in [0.29, 0.717) is 29.2 Å². The first-order chi connectivity index (χ1) is 19.5. The Bertz CT molecular complexity index is 1620. The van der Waals surface area contributed by atoms with E-state index in [-0.39, 0.29) is 17.7 Å². The van der Waals surface area contributed by atoms with Crippen molar-refractivity contribution in [2.45, 2.75) is 33.2 Å². The molecule has 0 fully saturated rings. The summed E-state index contributed by atoms with van der Waals surface area (Å²) in [6.45, 7) is 4.31. The van der Waals surface area contributed by atoms with Gasteiger partial charge in [-0.05, 0) is 73.5 Å². The van der Waals surface area contributed by atoms with Gasteiger partial charge in [-0.3, -0.25) is 14.5 Å². The van der Waals surface area contributed by atoms with Crippen molar-refractivity contribution in [2.24, 2.45) is 0 Å². The molecule has 0 spiro atoms. The summed E-state index contributed by atoms with van der Waals surface area (Å²) in [5, 5.41) is 14.6. The van der Waals surface area contributed by atoms with E-state index < -0.39 is 11.8 Å². The van der Waals surface area contributed by atoms with Gasteiger partial charge in [0, 0.05) is 22.9 Å². The van der Waals surface area contributed by atoms with Crippen LogP contribution in [0.15, 0.2) is 100 Å². The number of amides is 2. The average molecular weight is 533 g/mol. The summed E-state index contributed by atoms with van der Waals surface area (Å²) in [4.78, 5) is 27.7. The summed E-state index contributed by atoms with van der Waals surface area (Å²) in [5.41, 5.74) is 3.48. The van der Waals surface area contributed by atoms with Gasteiger partial charge in [0.1, 0.15) is 23.2 Å². The Hall–Kier alpha value is -5.16. The third kappa shape index (κ3) is 5.36. The molecule has 0 atom stereocenters. The molecular formula is C32H28N4O4. The maximum atomic E-state index is 13.6. The monoisotopic (exact) mass is 532 g/mol. The number of benzene rings is 2. The molecule has 0 unspecified atom stereocenters. The van der Waals surface area contributed by atoms with Crippen LogP contribution < -0.4 is 4.74 Å². The fourth-order valence-corrected chi connectivity index (χ4v) is 4.46. The summed E-state index contributed by atoms with van der Waals surface area (Å²) in [5.74, 6) is 0.0664. The van der Waals surface area contributed by atoms with Crippen LogP contribution in [-0.2, 0) is 16.1 Å². The Balaban J connectivity index is 1.59. The minimum Gasteiger partial charge on any atom is -0.494 e. The van der Waals surface area contributed by atoms with Gasteiger partial charge in [0.15, 0.2) is 0 Å². The van der Waals surface area contributed by atoms with Crippen molar-refractivity contribution in [3.8, 4) is 28.8 Å². The SMILES string of the molecule is CCCCOc1ccc(-c2nn(-c3ccccc3)cc2/C=C2/C(=O)N(Cc3ccco3)C(=O)C(C#N)=C2C)cc1. The number of nitriles is 1. The van der Waals surface area contributed by atoms with E-state index in [4.69, 9.17) is 14.3 Å². The molecule has 0 bridgehead atoms. The van der Waals surface area contributed by atoms with Gasteiger partial charge < -0.3 is 9.15 Å². The van der Waals surface area contributed by atoms with Gasteiger partial charge >= 0.3 is 0 Å². The molecule has 1 aliphatic rings. The minimum atomic E-state index is -0.641. The molecule has 2 aromatic heterocycles. The smallest absolute Gasteiger partial charge is 0.272 e. The maximum absolute atomic E-state index is 13.6. The topological polar surface area (TPSA) is 101 Å². The molecule has 0 saturated heterocycles. The first kappa shape index (κ1) is 26.4. The van der Waals surface area contributed by atoms with Crippen molar-refractivity contribution in [3.63, 3.8) is 0 Å². The van der Waals surface area contributed by atoms with Crippen LogP contribution in [0.1, 0.15) is 38.0 Å². The Morgan fingerprint density at radius 3 is 2.48 bits per heavy atom. The molecule has 0 N–H and O–H groups in total. The summed E-state index contributed by atoms with van der Waals surface area (Å²) in [6.07, 6.45) is 7.04. The molecule has 3 heterocycles. The van der Waals surface area contributed by atoms with Gasteiger partial charge in [-0.1, -0.05) is 31.5 Å². The van der Waals surface area contributed by atoms with Crippen LogP contribution in [0.2, 0.25) is 0 Å². The van der Waals surface area contributed by atoms with Gasteiger partial charge in [-0.2, -0.15) is 10.4 Å². The highest BCUT2D eigenvalue weighted by Gasteiger charge is 2.36. The fourth-order valence-electron chi connectivity index (χ4n) is 4.46. The van der Waals surface area contributed by atoms with Crippen LogP contribution in [-0.4, -0.2) is 33.1 Å². The van der Waals surface area contributed by atoms with E-state index in [2.05, 4.69) is 6.92 Å². The second-order valence-corrected chi connectivity index (χ2v) is 9.39. The van der Waals surface area contributed by atoms with Crippen molar-refractivity contribution in [3.05, 3.63) is 107 Å². The number of unbranched alkanes of at least 4 members (excludes halogenated alkanes) is 1. The third-order valence-electron chi connectivity index (χ3n) is 6.68. The van der Waals surface area contributed by atoms with Crippen LogP contribution in [0.5, 0.6) is 5.75 Å². The molecule has 4 aromatic rings. The standard InChI is InChI=1S/C32H28N4O4/c1-3-4-16-39-26-14-12-23(13-15-26)30-24(20-36(34-30)25-9-6-5-7-10-25)18-28-22(2)29(19-33)32(38)35(31(28)37)21-27-11-8-17-40-27/h5-15,17-18,20H,3-4,16,21H2,1-2H3/b28-18+. The summed E-state index contributed by atoms with van der Waals surface area (Å²) in [6, 6.07) is 22.7. The number of carbonyl (C=O) groups is 2. The first-order valence-corrected chi connectivity index (χ1v) is 13.1. The number of ether oxygens (including phenoxy) is 1. The largest absolute Gasteiger partial charge is 0.494 e. The van der Waals surface area contributed by atoms with Crippen molar-refractivity contribution in [1.82, 2.24) is 14.7 Å². The zero-order chi connectivity index (χ0) is 28.1. The molecule has 0 radical (unpaired) electrons. The number of para-hydroxylation sites is 1. The predicted octanol–water partition coefficient (Wildman–Crippen LogP) is 6.10. The molecule has 8 nitrogen and oxygen atoms in total. The lowest BCUT2D eigenvalue weighted by Crippen LogP contribution is -2.42. The van der Waals surface area contributed by atoms with Gasteiger partial charge in [0.2, 0.25) is 0 Å². The maximum Gasteiger partial charge on any atom is 0.272 e. The fraction of sp³-hybridized carbons (Fsp3) is 0.188. The number of imide groups is 1. The van der Waals surface area contributed by atoms with E-state index in [1.54, 1.807) is 29.8 Å². The molecule has 200 valence electrons. The Morgan fingerprint density at radius 2 is 1.80 bits per heavy atom. The highest BCUT2D eigenvalue weighted by molar-refractivity contribution is 6.19. The van der Waals surface area contributed by atoms with Gasteiger partial charge in [-0.25, -0.2) is 4.68 Å². The van der Waals surface area contributed by atoms with E-state index in [9.17, 15) is 14.9 Å². The summed E-state index contributed by atoms with van der Waals surface area (Å²) < 4.78 is 12.9. The highest BCUT2D eigenvalue weighted by atomic mass is 16.5. The summed E-state index contributed by atoms with van der Waals surface area (Å²) in [7, 11) is 0. The average Bonchev–Trinajstić information content (AvgIpc) is 3.65. The molecule has 5 rings (SSSR count). The van der Waals surface area contributed by atoms with Gasteiger partial charge in [-0.15, -0.1) is 0 Å². The minimum absolute atomic E-state index is 0.0733. The Labute approximate surface area is 232 Å². The number of rotatable bonds is 9. The van der Waals surface area contributed by atoms with Crippen molar-refractivity contribution < 1.29 is 18.7 Å². The van der Waals surface area contributed by atoms with Crippen molar-refractivity contribution in [1.29, 1.82) is 5.26 Å². The molecule has 1 aliphatic heterocycles. The lowest BCUT2D eigenvalue weighted by Gasteiger charge is -2.26. The van der Waals surface area contributed by atoms with E-state index >= 15 is 0 Å². The zero-order valence-electron chi connectivity index (χ0n) is 22.3. The van der Waals surface area contributed by atoms with Crippen LogP contribution in [0.3, 0.4) is 0 Å². The Kier molecular flexibility index (Phi) is 7.74. The predicted molar refractivity (Wildman–Crippen MR) is 150 cm³/mol. The van der Waals surface area contributed by atoms with Crippen LogP contribution in [0.25, 0.3) is 23.0 Å². The van der Waals surface area contributed by atoms with Crippen LogP contribution >= 0.6 is 0 Å². The van der Waals surface area contributed by atoms with Crippen molar-refractivity contribution >= 4 is 17.9 Å². The zero-order valence-corrected chi connectivity index (χ0v) is 22.3. The molecule has 0 aliphatic carbocycles. The lowest BCUT2D eigenvalue weighted by atomic mass is 9.93. The second kappa shape index (κ2) is 11.7. The second-order valence-electron chi connectivity index (χ2n) is 9.39. The quantitative estimate of drug-likeness (QED) is 0.147. The third-order valence-corrected chi connectivity index (χ3v) is 6.68. The van der Waals surface area contributed by atoms with Gasteiger partial charge in [0.25, 0.3) is 11.8 Å². The number of furan rings is 1. The number of hydrogen-bond donors (Lipinski definition) is 0. The number of carbonyl (C=O) groups excluding carboxylic acids is 2. The highest BCUT2D eigenvalue weighted by Crippen LogP contribution is 2.32. The van der Waals surface area contributed by atoms with Crippen LogP contribution in [0.4, 0.5) is 0 Å². The molecule has 2 aromatic carbocycles. The Morgan fingerprint density at radius 1 is 1.02 bits per heavy atom. The van der Waals surface area contributed by atoms with Crippen molar-refractivity contribution in [2.75, 3.05) is 6.61 Å². The number of aromatic nitrogens is 2.